The van der Waals surface area contributed by atoms with Gasteiger partial charge in [-0.3, -0.25) is 9.79 Å². The fraction of sp³-hybridized carbons (Fsp3) is 0.125. The normalized spacial score (nSPS) is 13.8. The van der Waals surface area contributed by atoms with Crippen molar-refractivity contribution < 1.29 is 4.79 Å². The minimum absolute atomic E-state index is 0.401. The van der Waals surface area contributed by atoms with E-state index in [1.54, 1.807) is 24.0 Å². The minimum Gasteiger partial charge on any atom is -0.366 e. The molecular weight excluding hydrogens is 186 g/mol. The van der Waals surface area contributed by atoms with Crippen LogP contribution in [0.15, 0.2) is 22.3 Å². The molecule has 66 valence electrons. The molecule has 0 unspecified atom stereocenters. The predicted molar refractivity (Wildman–Crippen MR) is 51.6 cm³/mol. The van der Waals surface area contributed by atoms with Crippen LogP contribution in [0, 0.1) is 0 Å². The fourth-order valence-electron chi connectivity index (χ4n) is 1.03. The van der Waals surface area contributed by atoms with Gasteiger partial charge in [0.1, 0.15) is 5.03 Å². The lowest BCUT2D eigenvalue weighted by molar-refractivity contribution is 0.1000. The minimum atomic E-state index is -0.471. The zero-order chi connectivity index (χ0) is 9.26. The molecule has 1 aliphatic heterocycles. The van der Waals surface area contributed by atoms with Gasteiger partial charge in [-0.05, 0) is 6.07 Å². The second-order valence-electron chi connectivity index (χ2n) is 2.54. The lowest BCUT2D eigenvalue weighted by Crippen LogP contribution is -2.11. The van der Waals surface area contributed by atoms with Gasteiger partial charge >= 0.3 is 0 Å². The maximum Gasteiger partial charge on any atom is 0.250 e. The molecule has 0 saturated heterocycles. The molecule has 0 bridgehead atoms. The Labute approximate surface area is 79.3 Å². The maximum absolute atomic E-state index is 10.8. The molecular formula is C8H7N3OS. The van der Waals surface area contributed by atoms with Crippen LogP contribution in [0.5, 0.6) is 0 Å². The molecule has 0 fully saturated rings. The molecule has 2 heterocycles. The van der Waals surface area contributed by atoms with Gasteiger partial charge in [-0.15, -0.1) is 0 Å². The summed E-state index contributed by atoms with van der Waals surface area (Å²) in [6, 6.07) is 1.66. The summed E-state index contributed by atoms with van der Waals surface area (Å²) in [7, 11) is 0. The summed E-state index contributed by atoms with van der Waals surface area (Å²) in [5.41, 5.74) is 6.24. The Balaban J connectivity index is 2.48. The van der Waals surface area contributed by atoms with Crippen LogP contribution in [0.2, 0.25) is 0 Å². The van der Waals surface area contributed by atoms with Crippen molar-refractivity contribution in [3.05, 3.63) is 17.8 Å². The SMILES string of the molecule is NC(=O)c1cnc2c(c1)N=CCS2. The molecule has 1 aromatic rings. The standard InChI is InChI=1S/C8H7N3OS/c9-7(12)5-3-6-8(11-4-5)13-2-1-10-6/h1,3-4H,2H2,(H2,9,12). The fourth-order valence-corrected chi connectivity index (χ4v) is 1.72. The van der Waals surface area contributed by atoms with Crippen LogP contribution in [-0.2, 0) is 0 Å². The summed E-state index contributed by atoms with van der Waals surface area (Å²) in [4.78, 5) is 19.0. The van der Waals surface area contributed by atoms with Gasteiger partial charge in [0.05, 0.1) is 11.3 Å². The number of thioether (sulfide) groups is 1. The van der Waals surface area contributed by atoms with E-state index in [0.29, 0.717) is 5.56 Å². The van der Waals surface area contributed by atoms with E-state index < -0.39 is 5.91 Å². The number of rotatable bonds is 1. The van der Waals surface area contributed by atoms with Gasteiger partial charge in [-0.25, -0.2) is 4.98 Å². The average molecular weight is 193 g/mol. The number of primary amides is 1. The van der Waals surface area contributed by atoms with E-state index in [-0.39, 0.29) is 0 Å². The van der Waals surface area contributed by atoms with E-state index in [2.05, 4.69) is 9.98 Å². The molecule has 2 rings (SSSR count). The van der Waals surface area contributed by atoms with Crippen molar-refractivity contribution in [2.24, 2.45) is 10.7 Å². The number of carbonyl (C=O) groups is 1. The number of hydrogen-bond acceptors (Lipinski definition) is 4. The molecule has 0 atom stereocenters. The number of aliphatic imine (C=N–C) groups is 1. The molecule has 0 spiro atoms. The van der Waals surface area contributed by atoms with Gasteiger partial charge in [0.2, 0.25) is 5.91 Å². The van der Waals surface area contributed by atoms with Crippen molar-refractivity contribution in [2.75, 3.05) is 5.75 Å². The lowest BCUT2D eigenvalue weighted by Gasteiger charge is -2.07. The van der Waals surface area contributed by atoms with Crippen LogP contribution in [0.25, 0.3) is 0 Å². The molecule has 13 heavy (non-hydrogen) atoms. The van der Waals surface area contributed by atoms with E-state index in [1.807, 2.05) is 0 Å². The van der Waals surface area contributed by atoms with Crippen molar-refractivity contribution in [2.45, 2.75) is 5.03 Å². The van der Waals surface area contributed by atoms with Gasteiger partial charge in [0.15, 0.2) is 0 Å². The van der Waals surface area contributed by atoms with E-state index in [1.165, 1.54) is 6.20 Å². The first kappa shape index (κ1) is 8.25. The van der Waals surface area contributed by atoms with E-state index >= 15 is 0 Å². The summed E-state index contributed by atoms with van der Waals surface area (Å²) < 4.78 is 0. The predicted octanol–water partition coefficient (Wildman–Crippen LogP) is 0.989. The topological polar surface area (TPSA) is 68.3 Å². The Bertz CT molecular complexity index is 389. The first-order valence-electron chi connectivity index (χ1n) is 3.72. The van der Waals surface area contributed by atoms with Crippen LogP contribution in [0.3, 0.4) is 0 Å². The van der Waals surface area contributed by atoms with Crippen LogP contribution in [-0.4, -0.2) is 22.9 Å². The molecule has 0 aliphatic carbocycles. The molecule has 0 saturated carbocycles. The zero-order valence-electron chi connectivity index (χ0n) is 6.73. The van der Waals surface area contributed by atoms with Crippen molar-refractivity contribution in [3.8, 4) is 0 Å². The summed E-state index contributed by atoms with van der Waals surface area (Å²) in [6.45, 7) is 0. The number of aromatic nitrogens is 1. The third kappa shape index (κ3) is 1.55. The van der Waals surface area contributed by atoms with Gasteiger partial charge in [0, 0.05) is 18.2 Å². The molecule has 1 aromatic heterocycles. The molecule has 1 aliphatic rings. The van der Waals surface area contributed by atoms with Crippen LogP contribution >= 0.6 is 11.8 Å². The van der Waals surface area contributed by atoms with Crippen molar-refractivity contribution in [1.82, 2.24) is 4.98 Å². The highest BCUT2D eigenvalue weighted by Gasteiger charge is 2.10. The van der Waals surface area contributed by atoms with Crippen LogP contribution < -0.4 is 5.73 Å². The summed E-state index contributed by atoms with van der Waals surface area (Å²) in [5.74, 6) is 0.358. The Hall–Kier alpha value is -1.36. The number of fused-ring (bicyclic) bond motifs is 1. The smallest absolute Gasteiger partial charge is 0.250 e. The Morgan fingerprint density at radius 1 is 1.62 bits per heavy atom. The number of pyridine rings is 1. The van der Waals surface area contributed by atoms with Crippen LogP contribution in [0.4, 0.5) is 5.69 Å². The van der Waals surface area contributed by atoms with Gasteiger partial charge in [-0.1, -0.05) is 11.8 Å². The molecule has 2 N–H and O–H groups in total. The lowest BCUT2D eigenvalue weighted by atomic mass is 10.2. The number of hydrogen-bond donors (Lipinski definition) is 1. The number of nitrogens with zero attached hydrogens (tertiary/aromatic N) is 2. The Morgan fingerprint density at radius 3 is 3.23 bits per heavy atom. The highest BCUT2D eigenvalue weighted by Crippen LogP contribution is 2.30. The molecule has 0 radical (unpaired) electrons. The number of nitrogens with two attached hydrogens (primary N) is 1. The molecule has 0 aromatic carbocycles. The van der Waals surface area contributed by atoms with E-state index in [4.69, 9.17) is 5.73 Å². The first-order valence-corrected chi connectivity index (χ1v) is 4.71. The van der Waals surface area contributed by atoms with Crippen molar-refractivity contribution >= 4 is 29.6 Å². The second-order valence-corrected chi connectivity index (χ2v) is 3.54. The maximum atomic E-state index is 10.8. The largest absolute Gasteiger partial charge is 0.366 e. The van der Waals surface area contributed by atoms with Gasteiger partial charge in [0.25, 0.3) is 0 Å². The van der Waals surface area contributed by atoms with Gasteiger partial charge in [-0.2, -0.15) is 0 Å². The summed E-state index contributed by atoms with van der Waals surface area (Å²) in [5, 5.41) is 0.854. The highest BCUT2D eigenvalue weighted by molar-refractivity contribution is 8.00. The Kier molecular flexibility index (Phi) is 2.02. The number of amides is 1. The van der Waals surface area contributed by atoms with Gasteiger partial charge < -0.3 is 5.73 Å². The summed E-state index contributed by atoms with van der Waals surface area (Å²) >= 11 is 1.60. The third-order valence-corrected chi connectivity index (χ3v) is 2.55. The summed E-state index contributed by atoms with van der Waals surface area (Å²) in [6.07, 6.45) is 3.27. The molecule has 5 heteroatoms. The van der Waals surface area contributed by atoms with Crippen molar-refractivity contribution in [3.63, 3.8) is 0 Å². The zero-order valence-corrected chi connectivity index (χ0v) is 7.54. The van der Waals surface area contributed by atoms with E-state index in [9.17, 15) is 4.79 Å². The molecule has 1 amide bonds. The number of carbonyl (C=O) groups excluding carboxylic acids is 1. The monoisotopic (exact) mass is 193 g/mol. The van der Waals surface area contributed by atoms with Crippen LogP contribution in [0.1, 0.15) is 10.4 Å². The quantitative estimate of drug-likeness (QED) is 0.723. The second kappa shape index (κ2) is 3.18. The van der Waals surface area contributed by atoms with E-state index in [0.717, 1.165) is 16.5 Å². The highest BCUT2D eigenvalue weighted by atomic mass is 32.2. The van der Waals surface area contributed by atoms with Crippen molar-refractivity contribution in [1.29, 1.82) is 0 Å². The first-order chi connectivity index (χ1) is 6.27. The Morgan fingerprint density at radius 2 is 2.46 bits per heavy atom. The average Bonchev–Trinajstić information content (AvgIpc) is 2.17. The third-order valence-electron chi connectivity index (χ3n) is 1.64. The molecule has 4 nitrogen and oxygen atoms in total.